The van der Waals surface area contributed by atoms with Crippen molar-refractivity contribution in [3.8, 4) is 17.2 Å². The molecule has 1 aliphatic rings. The molecule has 9 heteroatoms. The lowest BCUT2D eigenvalue weighted by atomic mass is 10.0. The Kier molecular flexibility index (Phi) is 4.00. The number of nitrogen functional groups attached to an aromatic ring is 1. The quantitative estimate of drug-likeness (QED) is 0.594. The maximum Gasteiger partial charge on any atom is 0.431 e. The van der Waals surface area contributed by atoms with Crippen molar-refractivity contribution in [2.75, 3.05) is 11.1 Å². The Morgan fingerprint density at radius 1 is 1.36 bits per heavy atom. The van der Waals surface area contributed by atoms with Gasteiger partial charge in [0, 0.05) is 29.0 Å². The highest BCUT2D eigenvalue weighted by Gasteiger charge is 2.43. The lowest BCUT2D eigenvalue weighted by Crippen LogP contribution is -2.15. The molecule has 2 heterocycles. The fourth-order valence-electron chi connectivity index (χ4n) is 3.20. The number of H-pyrrole nitrogens is 1. The van der Waals surface area contributed by atoms with E-state index in [9.17, 15) is 18.0 Å². The molecule has 2 atom stereocenters. The van der Waals surface area contributed by atoms with Gasteiger partial charge in [0.15, 0.2) is 0 Å². The van der Waals surface area contributed by atoms with Gasteiger partial charge < -0.3 is 16.0 Å². The van der Waals surface area contributed by atoms with Gasteiger partial charge in [0.05, 0.1) is 17.9 Å². The van der Waals surface area contributed by atoms with E-state index < -0.39 is 11.9 Å². The van der Waals surface area contributed by atoms with Crippen molar-refractivity contribution < 1.29 is 18.0 Å². The summed E-state index contributed by atoms with van der Waals surface area (Å²) in [7, 11) is 0. The van der Waals surface area contributed by atoms with Gasteiger partial charge in [-0.15, -0.1) is 0 Å². The minimum absolute atomic E-state index is 0.0154. The zero-order chi connectivity index (χ0) is 20.1. The lowest BCUT2D eigenvalue weighted by molar-refractivity contribution is -0.140. The first-order valence-corrected chi connectivity index (χ1v) is 8.42. The van der Waals surface area contributed by atoms with Crippen LogP contribution in [-0.4, -0.2) is 15.9 Å². The van der Waals surface area contributed by atoms with E-state index in [1.54, 1.807) is 12.1 Å². The smallest absolute Gasteiger partial charge is 0.398 e. The molecule has 0 aliphatic heterocycles. The van der Waals surface area contributed by atoms with Crippen LogP contribution < -0.4 is 11.1 Å². The van der Waals surface area contributed by atoms with Gasteiger partial charge in [0.2, 0.25) is 5.91 Å². The summed E-state index contributed by atoms with van der Waals surface area (Å²) < 4.78 is 39.6. The number of alkyl halides is 3. The Morgan fingerprint density at radius 2 is 2.14 bits per heavy atom. The van der Waals surface area contributed by atoms with E-state index in [0.717, 1.165) is 0 Å². The molecular formula is C19H14F3N5O. The number of anilines is 2. The molecule has 1 saturated carbocycles. The molecule has 6 nitrogen and oxygen atoms in total. The predicted octanol–water partition coefficient (Wildman–Crippen LogP) is 3.93. The minimum Gasteiger partial charge on any atom is -0.398 e. The van der Waals surface area contributed by atoms with Gasteiger partial charge in [-0.2, -0.15) is 18.4 Å². The van der Waals surface area contributed by atoms with Gasteiger partial charge in [0.1, 0.15) is 11.5 Å². The zero-order valence-electron chi connectivity index (χ0n) is 14.3. The average molecular weight is 385 g/mol. The molecule has 0 radical (unpaired) electrons. The van der Waals surface area contributed by atoms with Crippen LogP contribution in [0.2, 0.25) is 0 Å². The van der Waals surface area contributed by atoms with Crippen LogP contribution in [0.5, 0.6) is 0 Å². The number of nitrogens with zero attached hydrogens (tertiary/aromatic N) is 2. The maximum absolute atomic E-state index is 13.2. The number of hydrogen-bond acceptors (Lipinski definition) is 4. The number of rotatable bonds is 3. The van der Waals surface area contributed by atoms with Crippen LogP contribution in [0.15, 0.2) is 36.7 Å². The number of nitrogens with one attached hydrogen (secondary N) is 2. The van der Waals surface area contributed by atoms with Gasteiger partial charge in [-0.05, 0) is 41.6 Å². The predicted molar refractivity (Wildman–Crippen MR) is 96.8 cm³/mol. The molecule has 2 aromatic heterocycles. The highest BCUT2D eigenvalue weighted by atomic mass is 19.4. The molecule has 4 N–H and O–H groups in total. The van der Waals surface area contributed by atoms with Crippen molar-refractivity contribution in [1.82, 2.24) is 9.97 Å². The number of hydrogen-bond donors (Lipinski definition) is 3. The summed E-state index contributed by atoms with van der Waals surface area (Å²) in [5.41, 5.74) is 5.72. The number of fused-ring (bicyclic) bond motifs is 1. The second-order valence-electron chi connectivity index (χ2n) is 6.69. The number of nitriles is 1. The normalized spacial score (nSPS) is 18.6. The van der Waals surface area contributed by atoms with Crippen LogP contribution in [0.25, 0.3) is 21.9 Å². The van der Waals surface area contributed by atoms with E-state index in [1.165, 1.54) is 24.5 Å². The molecule has 142 valence electrons. The molecule has 4 rings (SSSR count). The molecule has 3 aromatic rings. The van der Waals surface area contributed by atoms with Crippen molar-refractivity contribution in [2.24, 2.45) is 11.8 Å². The number of halogens is 3. The van der Waals surface area contributed by atoms with Gasteiger partial charge in [0.25, 0.3) is 0 Å². The summed E-state index contributed by atoms with van der Waals surface area (Å²) in [5, 5.41) is 12.6. The fraction of sp³-hybridized carbons (Fsp3) is 0.211. The van der Waals surface area contributed by atoms with Crippen molar-refractivity contribution in [2.45, 2.75) is 12.6 Å². The van der Waals surface area contributed by atoms with E-state index in [4.69, 9.17) is 11.0 Å². The number of carbonyl (C=O) groups is 1. The van der Waals surface area contributed by atoms with Gasteiger partial charge in [-0.3, -0.25) is 4.79 Å². The van der Waals surface area contributed by atoms with Gasteiger partial charge in [-0.25, -0.2) is 4.98 Å². The van der Waals surface area contributed by atoms with Crippen molar-refractivity contribution >= 4 is 28.2 Å². The van der Waals surface area contributed by atoms with Gasteiger partial charge >= 0.3 is 6.18 Å². The number of aromatic amines is 1. The maximum atomic E-state index is 13.2. The van der Waals surface area contributed by atoms with E-state index in [1.807, 2.05) is 6.07 Å². The van der Waals surface area contributed by atoms with Crippen molar-refractivity contribution in [3.63, 3.8) is 0 Å². The zero-order valence-corrected chi connectivity index (χ0v) is 14.3. The van der Waals surface area contributed by atoms with Gasteiger partial charge in [-0.1, -0.05) is 0 Å². The molecule has 28 heavy (non-hydrogen) atoms. The van der Waals surface area contributed by atoms with Crippen LogP contribution in [0.3, 0.4) is 0 Å². The summed E-state index contributed by atoms with van der Waals surface area (Å²) in [6.45, 7) is 0. The summed E-state index contributed by atoms with van der Waals surface area (Å²) >= 11 is 0. The molecule has 1 fully saturated rings. The monoisotopic (exact) mass is 385 g/mol. The van der Waals surface area contributed by atoms with Crippen LogP contribution in [0.4, 0.5) is 24.7 Å². The number of benzene rings is 1. The molecule has 1 amide bonds. The molecule has 1 aliphatic carbocycles. The molecule has 1 aromatic carbocycles. The number of aromatic nitrogens is 2. The summed E-state index contributed by atoms with van der Waals surface area (Å²) in [5.74, 6) is -0.680. The number of amides is 1. The highest BCUT2D eigenvalue weighted by molar-refractivity contribution is 6.00. The van der Waals surface area contributed by atoms with Crippen LogP contribution in [0.1, 0.15) is 12.1 Å². The summed E-state index contributed by atoms with van der Waals surface area (Å²) in [4.78, 5) is 18.5. The highest BCUT2D eigenvalue weighted by Crippen LogP contribution is 2.40. The SMILES string of the molecule is N#C[C@@H]1C[C@H]1C(=O)Nc1cc2cc(-c3cc[nH]c3C(F)(F)F)cc(N)c2cn1. The Labute approximate surface area is 157 Å². The average Bonchev–Trinajstić information content (AvgIpc) is 3.25. The van der Waals surface area contributed by atoms with E-state index in [0.29, 0.717) is 22.8 Å². The van der Waals surface area contributed by atoms with Crippen LogP contribution in [0, 0.1) is 23.2 Å². The Morgan fingerprint density at radius 3 is 2.82 bits per heavy atom. The number of nitrogens with two attached hydrogens (primary N) is 1. The van der Waals surface area contributed by atoms with Crippen LogP contribution >= 0.6 is 0 Å². The summed E-state index contributed by atoms with van der Waals surface area (Å²) in [6, 6.07) is 7.96. The standard InChI is InChI=1S/C19H14F3N5O/c20-19(21,22)17-12(1-2-25-17)9-3-10-6-16(26-8-14(10)15(24)5-9)27-18(28)13-4-11(13)7-23/h1-3,5-6,8,11,13,25H,4,24H2,(H,26,27,28)/t11-,13+/m0/s1. The Hall–Kier alpha value is -3.54. The first-order chi connectivity index (χ1) is 13.3. The first kappa shape index (κ1) is 17.9. The Bertz CT molecular complexity index is 1130. The fourth-order valence-corrected chi connectivity index (χ4v) is 3.20. The Balaban J connectivity index is 1.71. The number of carbonyl (C=O) groups excluding carboxylic acids is 1. The molecular weight excluding hydrogens is 371 g/mol. The topological polar surface area (TPSA) is 108 Å². The van der Waals surface area contributed by atoms with E-state index in [2.05, 4.69) is 15.3 Å². The van der Waals surface area contributed by atoms with E-state index >= 15 is 0 Å². The minimum atomic E-state index is -4.53. The number of pyridine rings is 1. The second-order valence-corrected chi connectivity index (χ2v) is 6.69. The molecule has 0 unspecified atom stereocenters. The molecule has 0 bridgehead atoms. The summed E-state index contributed by atoms with van der Waals surface area (Å²) in [6.07, 6.45) is -1.33. The lowest BCUT2D eigenvalue weighted by Gasteiger charge is -2.11. The van der Waals surface area contributed by atoms with Crippen molar-refractivity contribution in [3.05, 3.63) is 42.4 Å². The van der Waals surface area contributed by atoms with Crippen LogP contribution in [-0.2, 0) is 11.0 Å². The largest absolute Gasteiger partial charge is 0.431 e. The first-order valence-electron chi connectivity index (χ1n) is 8.42. The third kappa shape index (κ3) is 3.13. The second kappa shape index (κ2) is 6.27. The third-order valence-electron chi connectivity index (χ3n) is 4.75. The van der Waals surface area contributed by atoms with E-state index in [-0.39, 0.29) is 34.8 Å². The molecule has 0 spiro atoms. The van der Waals surface area contributed by atoms with Crippen molar-refractivity contribution in [1.29, 1.82) is 5.26 Å². The third-order valence-corrected chi connectivity index (χ3v) is 4.75. The molecule has 0 saturated heterocycles.